The SMILES string of the molecule is O=[N+]([O-])c1ccccc1CNc1nc(Cl)nc(Cl)n1. The van der Waals surface area contributed by atoms with Gasteiger partial charge in [-0.25, -0.2) is 0 Å². The molecule has 0 unspecified atom stereocenters. The molecule has 2 rings (SSSR count). The minimum atomic E-state index is -0.454. The van der Waals surface area contributed by atoms with Gasteiger partial charge in [-0.05, 0) is 23.2 Å². The molecule has 0 amide bonds. The van der Waals surface area contributed by atoms with Crippen molar-refractivity contribution in [3.8, 4) is 0 Å². The Morgan fingerprint density at radius 3 is 2.42 bits per heavy atom. The van der Waals surface area contributed by atoms with Crippen LogP contribution < -0.4 is 5.32 Å². The lowest BCUT2D eigenvalue weighted by molar-refractivity contribution is -0.385. The molecular weight excluding hydrogens is 293 g/mol. The molecule has 1 N–H and O–H groups in total. The number of halogens is 2. The highest BCUT2D eigenvalue weighted by atomic mass is 35.5. The molecule has 9 heteroatoms. The molecular formula is C10H7Cl2N5O2. The van der Waals surface area contributed by atoms with Gasteiger partial charge in [-0.3, -0.25) is 10.1 Å². The van der Waals surface area contributed by atoms with Gasteiger partial charge < -0.3 is 5.32 Å². The van der Waals surface area contributed by atoms with E-state index < -0.39 is 4.92 Å². The fourth-order valence-corrected chi connectivity index (χ4v) is 1.78. The van der Waals surface area contributed by atoms with Gasteiger partial charge >= 0.3 is 0 Å². The first-order valence-corrected chi connectivity index (χ1v) is 5.85. The van der Waals surface area contributed by atoms with Crippen LogP contribution in [0.25, 0.3) is 0 Å². The standard InChI is InChI=1S/C10H7Cl2N5O2/c11-8-14-9(12)16-10(15-8)13-5-6-3-1-2-4-7(6)17(18)19/h1-4H,5H2,(H,13,14,15,16). The topological polar surface area (TPSA) is 93.8 Å². The third-order valence-corrected chi connectivity index (χ3v) is 2.54. The lowest BCUT2D eigenvalue weighted by Gasteiger charge is -2.05. The van der Waals surface area contributed by atoms with E-state index in [0.717, 1.165) is 0 Å². The van der Waals surface area contributed by atoms with Crippen LogP contribution in [0, 0.1) is 10.1 Å². The van der Waals surface area contributed by atoms with E-state index in [1.807, 2.05) is 0 Å². The number of hydrogen-bond acceptors (Lipinski definition) is 6. The summed E-state index contributed by atoms with van der Waals surface area (Å²) in [7, 11) is 0. The zero-order valence-electron chi connectivity index (χ0n) is 9.38. The average molecular weight is 300 g/mol. The Morgan fingerprint density at radius 2 is 1.79 bits per heavy atom. The van der Waals surface area contributed by atoms with E-state index in [-0.39, 0.29) is 28.7 Å². The Morgan fingerprint density at radius 1 is 1.16 bits per heavy atom. The Labute approximate surface area is 117 Å². The minimum absolute atomic E-state index is 0.0150. The summed E-state index contributed by atoms with van der Waals surface area (Å²) in [6.07, 6.45) is 0. The molecule has 0 aliphatic heterocycles. The van der Waals surface area contributed by atoms with Crippen molar-refractivity contribution in [1.29, 1.82) is 0 Å². The van der Waals surface area contributed by atoms with Crippen LogP contribution in [0.15, 0.2) is 24.3 Å². The quantitative estimate of drug-likeness (QED) is 0.689. The van der Waals surface area contributed by atoms with Crippen molar-refractivity contribution in [2.24, 2.45) is 0 Å². The average Bonchev–Trinajstić information content (AvgIpc) is 2.35. The highest BCUT2D eigenvalue weighted by Crippen LogP contribution is 2.18. The number of aromatic nitrogens is 3. The second-order valence-electron chi connectivity index (χ2n) is 3.44. The third kappa shape index (κ3) is 3.49. The summed E-state index contributed by atoms with van der Waals surface area (Å²) < 4.78 is 0. The number of nitrogens with zero attached hydrogens (tertiary/aromatic N) is 4. The van der Waals surface area contributed by atoms with Crippen molar-refractivity contribution in [3.05, 3.63) is 50.5 Å². The van der Waals surface area contributed by atoms with Crippen LogP contribution in [0.5, 0.6) is 0 Å². The van der Waals surface area contributed by atoms with Crippen molar-refractivity contribution in [2.75, 3.05) is 5.32 Å². The van der Waals surface area contributed by atoms with Gasteiger partial charge in [-0.15, -0.1) is 0 Å². The fraction of sp³-hybridized carbons (Fsp3) is 0.100. The predicted octanol–water partition coefficient (Wildman–Crippen LogP) is 2.70. The summed E-state index contributed by atoms with van der Waals surface area (Å²) in [5.41, 5.74) is 0.515. The first-order chi connectivity index (χ1) is 9.06. The molecule has 0 saturated heterocycles. The number of nitro benzene ring substituents is 1. The first-order valence-electron chi connectivity index (χ1n) is 5.09. The van der Waals surface area contributed by atoms with Gasteiger partial charge in [0.05, 0.1) is 4.92 Å². The van der Waals surface area contributed by atoms with Crippen LogP contribution in [-0.4, -0.2) is 19.9 Å². The Hall–Kier alpha value is -1.99. The van der Waals surface area contributed by atoms with Crippen LogP contribution in [0.2, 0.25) is 10.6 Å². The normalized spacial score (nSPS) is 10.2. The summed E-state index contributed by atoms with van der Waals surface area (Å²) in [6.45, 7) is 0.174. The van der Waals surface area contributed by atoms with Crippen molar-refractivity contribution in [1.82, 2.24) is 15.0 Å². The largest absolute Gasteiger partial charge is 0.350 e. The fourth-order valence-electron chi connectivity index (χ4n) is 1.42. The van der Waals surface area contributed by atoms with E-state index in [4.69, 9.17) is 23.2 Å². The molecule has 1 aromatic heterocycles. The van der Waals surface area contributed by atoms with Gasteiger partial charge in [0, 0.05) is 18.2 Å². The molecule has 0 aliphatic rings. The second kappa shape index (κ2) is 5.77. The molecule has 1 heterocycles. The minimum Gasteiger partial charge on any atom is -0.350 e. The van der Waals surface area contributed by atoms with Crippen LogP contribution >= 0.6 is 23.2 Å². The molecule has 0 saturated carbocycles. The summed E-state index contributed by atoms with van der Waals surface area (Å²) in [5, 5.41) is 13.5. The van der Waals surface area contributed by atoms with E-state index in [1.165, 1.54) is 6.07 Å². The molecule has 98 valence electrons. The molecule has 0 spiro atoms. The van der Waals surface area contributed by atoms with Crippen molar-refractivity contribution < 1.29 is 4.92 Å². The van der Waals surface area contributed by atoms with Crippen molar-refractivity contribution in [2.45, 2.75) is 6.54 Å². The van der Waals surface area contributed by atoms with E-state index in [2.05, 4.69) is 20.3 Å². The third-order valence-electron chi connectivity index (χ3n) is 2.21. The molecule has 0 aliphatic carbocycles. The monoisotopic (exact) mass is 299 g/mol. The molecule has 0 fully saturated rings. The lowest BCUT2D eigenvalue weighted by atomic mass is 10.2. The number of benzene rings is 1. The Bertz CT molecular complexity index is 602. The summed E-state index contributed by atoms with van der Waals surface area (Å²) in [4.78, 5) is 21.6. The van der Waals surface area contributed by atoms with Gasteiger partial charge in [-0.2, -0.15) is 15.0 Å². The number of rotatable bonds is 4. The van der Waals surface area contributed by atoms with Crippen LogP contribution in [0.3, 0.4) is 0 Å². The zero-order valence-corrected chi connectivity index (χ0v) is 10.9. The Kier molecular flexibility index (Phi) is 4.08. The predicted molar refractivity (Wildman–Crippen MR) is 70.3 cm³/mol. The van der Waals surface area contributed by atoms with E-state index in [0.29, 0.717) is 5.56 Å². The van der Waals surface area contributed by atoms with Gasteiger partial charge in [0.15, 0.2) is 0 Å². The number of nitro groups is 1. The summed E-state index contributed by atoms with van der Waals surface area (Å²) in [5.74, 6) is 0.156. The smallest absolute Gasteiger partial charge is 0.274 e. The molecule has 0 atom stereocenters. The van der Waals surface area contributed by atoms with E-state index >= 15 is 0 Å². The van der Waals surface area contributed by atoms with Gasteiger partial charge in [0.25, 0.3) is 5.69 Å². The zero-order chi connectivity index (χ0) is 13.8. The second-order valence-corrected chi connectivity index (χ2v) is 4.11. The molecule has 0 bridgehead atoms. The number of anilines is 1. The van der Waals surface area contributed by atoms with Crippen LogP contribution in [0.4, 0.5) is 11.6 Å². The maximum absolute atomic E-state index is 10.8. The van der Waals surface area contributed by atoms with Gasteiger partial charge in [0.1, 0.15) is 0 Å². The highest BCUT2D eigenvalue weighted by Gasteiger charge is 2.12. The maximum Gasteiger partial charge on any atom is 0.274 e. The first kappa shape index (κ1) is 13.4. The number of hydrogen-bond donors (Lipinski definition) is 1. The molecule has 7 nitrogen and oxygen atoms in total. The van der Waals surface area contributed by atoms with Crippen LogP contribution in [0.1, 0.15) is 5.56 Å². The number of para-hydroxylation sites is 1. The number of nitrogens with one attached hydrogen (secondary N) is 1. The molecule has 1 aromatic carbocycles. The molecule has 2 aromatic rings. The van der Waals surface area contributed by atoms with E-state index in [1.54, 1.807) is 18.2 Å². The van der Waals surface area contributed by atoms with Gasteiger partial charge in [-0.1, -0.05) is 18.2 Å². The van der Waals surface area contributed by atoms with Gasteiger partial charge in [0.2, 0.25) is 16.5 Å². The van der Waals surface area contributed by atoms with Crippen molar-refractivity contribution >= 4 is 34.8 Å². The summed E-state index contributed by atoms with van der Waals surface area (Å²) in [6, 6.07) is 6.36. The van der Waals surface area contributed by atoms with Crippen molar-refractivity contribution in [3.63, 3.8) is 0 Å². The Balaban J connectivity index is 2.16. The van der Waals surface area contributed by atoms with Crippen LogP contribution in [-0.2, 0) is 6.54 Å². The molecule has 0 radical (unpaired) electrons. The molecule has 19 heavy (non-hydrogen) atoms. The van der Waals surface area contributed by atoms with E-state index in [9.17, 15) is 10.1 Å². The lowest BCUT2D eigenvalue weighted by Crippen LogP contribution is -2.06. The maximum atomic E-state index is 10.8. The highest BCUT2D eigenvalue weighted by molar-refractivity contribution is 6.31. The summed E-state index contributed by atoms with van der Waals surface area (Å²) >= 11 is 11.2.